The van der Waals surface area contributed by atoms with Crippen molar-refractivity contribution in [2.24, 2.45) is 5.73 Å². The Balaban J connectivity index is 2.70. The molecule has 1 fully saturated rings. The number of carbonyl (C=O) groups excluding carboxylic acids is 1. The first kappa shape index (κ1) is 11.5. The molecule has 0 aromatic carbocycles. The van der Waals surface area contributed by atoms with Gasteiger partial charge in [0.2, 0.25) is 5.91 Å². The molecule has 0 aromatic rings. The fraction of sp³-hybridized carbons (Fsp3) is 0.900. The molecule has 0 saturated carbocycles. The van der Waals surface area contributed by atoms with E-state index in [4.69, 9.17) is 10.5 Å². The Morgan fingerprint density at radius 3 is 2.57 bits per heavy atom. The van der Waals surface area contributed by atoms with E-state index in [0.29, 0.717) is 13.2 Å². The number of nitrogens with zero attached hydrogens (tertiary/aromatic N) is 1. The molecule has 14 heavy (non-hydrogen) atoms. The largest absolute Gasteiger partial charge is 0.375 e. The van der Waals surface area contributed by atoms with E-state index >= 15 is 0 Å². The van der Waals surface area contributed by atoms with Crippen molar-refractivity contribution < 1.29 is 9.53 Å². The van der Waals surface area contributed by atoms with Crippen LogP contribution in [0.25, 0.3) is 0 Å². The molecule has 4 heteroatoms. The van der Waals surface area contributed by atoms with Gasteiger partial charge in [-0.3, -0.25) is 4.79 Å². The van der Waals surface area contributed by atoms with E-state index < -0.39 is 5.54 Å². The maximum absolute atomic E-state index is 11.9. The summed E-state index contributed by atoms with van der Waals surface area (Å²) in [6.07, 6.45) is 0.109. The Morgan fingerprint density at radius 1 is 1.50 bits per heavy atom. The van der Waals surface area contributed by atoms with E-state index in [2.05, 4.69) is 0 Å². The molecule has 1 saturated heterocycles. The fourth-order valence-electron chi connectivity index (χ4n) is 1.56. The number of morpholine rings is 1. The summed E-state index contributed by atoms with van der Waals surface area (Å²) in [5.41, 5.74) is 5.00. The molecule has 1 heterocycles. The lowest BCUT2D eigenvalue weighted by atomic mass is 10.0. The van der Waals surface area contributed by atoms with E-state index in [-0.39, 0.29) is 18.1 Å². The molecule has 2 N–H and O–H groups in total. The van der Waals surface area contributed by atoms with E-state index in [1.54, 1.807) is 13.8 Å². The van der Waals surface area contributed by atoms with Crippen LogP contribution in [-0.2, 0) is 9.53 Å². The third-order valence-electron chi connectivity index (χ3n) is 2.42. The SMILES string of the molecule is CC1CN(C(=O)C(C)(C)N)C(C)CO1. The Bertz CT molecular complexity index is 223. The van der Waals surface area contributed by atoms with Gasteiger partial charge in [0, 0.05) is 6.54 Å². The van der Waals surface area contributed by atoms with Crippen LogP contribution >= 0.6 is 0 Å². The maximum atomic E-state index is 11.9. The molecule has 0 radical (unpaired) electrons. The second kappa shape index (κ2) is 3.87. The monoisotopic (exact) mass is 200 g/mol. The van der Waals surface area contributed by atoms with Crippen molar-refractivity contribution in [3.05, 3.63) is 0 Å². The van der Waals surface area contributed by atoms with Crippen molar-refractivity contribution >= 4 is 5.91 Å². The number of amides is 1. The van der Waals surface area contributed by atoms with Crippen molar-refractivity contribution in [1.82, 2.24) is 4.90 Å². The molecule has 0 aromatic heterocycles. The van der Waals surface area contributed by atoms with E-state index in [1.165, 1.54) is 0 Å². The summed E-state index contributed by atoms with van der Waals surface area (Å²) in [5.74, 6) is 0.000139. The lowest BCUT2D eigenvalue weighted by Gasteiger charge is -2.39. The van der Waals surface area contributed by atoms with Crippen molar-refractivity contribution in [2.45, 2.75) is 45.4 Å². The minimum Gasteiger partial charge on any atom is -0.375 e. The molecule has 1 aliphatic heterocycles. The van der Waals surface area contributed by atoms with Gasteiger partial charge in [0.05, 0.1) is 24.3 Å². The smallest absolute Gasteiger partial charge is 0.242 e. The minimum atomic E-state index is -0.786. The highest BCUT2D eigenvalue weighted by molar-refractivity contribution is 5.85. The number of rotatable bonds is 1. The lowest BCUT2D eigenvalue weighted by Crippen LogP contribution is -2.58. The van der Waals surface area contributed by atoms with Crippen molar-refractivity contribution in [3.63, 3.8) is 0 Å². The summed E-state index contributed by atoms with van der Waals surface area (Å²) in [6, 6.07) is 0.126. The quantitative estimate of drug-likeness (QED) is 0.665. The van der Waals surface area contributed by atoms with Crippen LogP contribution in [0.15, 0.2) is 0 Å². The third kappa shape index (κ3) is 2.45. The lowest BCUT2D eigenvalue weighted by molar-refractivity contribution is -0.147. The van der Waals surface area contributed by atoms with Crippen LogP contribution in [0.1, 0.15) is 27.7 Å². The van der Waals surface area contributed by atoms with Crippen LogP contribution in [0.5, 0.6) is 0 Å². The summed E-state index contributed by atoms with van der Waals surface area (Å²) in [4.78, 5) is 13.7. The van der Waals surface area contributed by atoms with Gasteiger partial charge in [-0.05, 0) is 27.7 Å². The van der Waals surface area contributed by atoms with Gasteiger partial charge in [-0.2, -0.15) is 0 Å². The van der Waals surface area contributed by atoms with Crippen molar-refractivity contribution in [1.29, 1.82) is 0 Å². The molecule has 1 amide bonds. The van der Waals surface area contributed by atoms with Crippen LogP contribution in [-0.4, -0.2) is 41.6 Å². The highest BCUT2D eigenvalue weighted by atomic mass is 16.5. The van der Waals surface area contributed by atoms with Crippen molar-refractivity contribution in [2.75, 3.05) is 13.2 Å². The molecular weight excluding hydrogens is 180 g/mol. The van der Waals surface area contributed by atoms with Gasteiger partial charge in [-0.15, -0.1) is 0 Å². The Labute approximate surface area is 85.4 Å². The molecular formula is C10H20N2O2. The predicted molar refractivity (Wildman–Crippen MR) is 54.9 cm³/mol. The minimum absolute atomic E-state index is 0.000139. The molecule has 0 aliphatic carbocycles. The second-order valence-electron chi connectivity index (χ2n) is 4.67. The summed E-state index contributed by atoms with van der Waals surface area (Å²) in [5, 5.41) is 0. The molecule has 1 rings (SSSR count). The summed E-state index contributed by atoms with van der Waals surface area (Å²) < 4.78 is 5.45. The van der Waals surface area contributed by atoms with Crippen LogP contribution in [0.2, 0.25) is 0 Å². The van der Waals surface area contributed by atoms with Crippen LogP contribution in [0, 0.1) is 0 Å². The predicted octanol–water partition coefficient (Wildman–Crippen LogP) is 0.360. The molecule has 82 valence electrons. The van der Waals surface area contributed by atoms with Gasteiger partial charge >= 0.3 is 0 Å². The first-order valence-corrected chi connectivity index (χ1v) is 5.04. The van der Waals surface area contributed by atoms with Gasteiger partial charge in [0.1, 0.15) is 0 Å². The molecule has 2 unspecified atom stereocenters. The zero-order chi connectivity index (χ0) is 10.9. The number of hydrogen-bond acceptors (Lipinski definition) is 3. The van der Waals surface area contributed by atoms with E-state index in [9.17, 15) is 4.79 Å². The Morgan fingerprint density at radius 2 is 2.07 bits per heavy atom. The summed E-state index contributed by atoms with van der Waals surface area (Å²) in [7, 11) is 0. The van der Waals surface area contributed by atoms with Crippen LogP contribution in [0.3, 0.4) is 0 Å². The van der Waals surface area contributed by atoms with E-state index in [1.807, 2.05) is 18.7 Å². The van der Waals surface area contributed by atoms with Gasteiger partial charge in [-0.1, -0.05) is 0 Å². The molecule has 4 nitrogen and oxygen atoms in total. The molecule has 0 spiro atoms. The van der Waals surface area contributed by atoms with Gasteiger partial charge < -0.3 is 15.4 Å². The zero-order valence-electron chi connectivity index (χ0n) is 9.41. The highest BCUT2D eigenvalue weighted by Crippen LogP contribution is 2.15. The van der Waals surface area contributed by atoms with Crippen molar-refractivity contribution in [3.8, 4) is 0 Å². The van der Waals surface area contributed by atoms with Gasteiger partial charge in [-0.25, -0.2) is 0 Å². The van der Waals surface area contributed by atoms with Gasteiger partial charge in [0.15, 0.2) is 0 Å². The Kier molecular flexibility index (Phi) is 3.17. The standard InChI is InChI=1S/C10H20N2O2/c1-7-6-14-8(2)5-12(7)9(13)10(3,4)11/h7-8H,5-6,11H2,1-4H3. The zero-order valence-corrected chi connectivity index (χ0v) is 9.41. The summed E-state index contributed by atoms with van der Waals surface area (Å²) >= 11 is 0. The highest BCUT2D eigenvalue weighted by Gasteiger charge is 2.34. The number of hydrogen-bond donors (Lipinski definition) is 1. The fourth-order valence-corrected chi connectivity index (χ4v) is 1.56. The molecule has 2 atom stereocenters. The third-order valence-corrected chi connectivity index (χ3v) is 2.42. The van der Waals surface area contributed by atoms with Gasteiger partial charge in [0.25, 0.3) is 0 Å². The average Bonchev–Trinajstić information content (AvgIpc) is 2.06. The first-order chi connectivity index (χ1) is 6.32. The number of ether oxygens (including phenoxy) is 1. The molecule has 1 aliphatic rings. The van der Waals surface area contributed by atoms with Crippen LogP contribution in [0.4, 0.5) is 0 Å². The Hall–Kier alpha value is -0.610. The normalized spacial score (nSPS) is 29.1. The first-order valence-electron chi connectivity index (χ1n) is 5.04. The average molecular weight is 200 g/mol. The topological polar surface area (TPSA) is 55.6 Å². The molecule has 0 bridgehead atoms. The van der Waals surface area contributed by atoms with E-state index in [0.717, 1.165) is 0 Å². The van der Waals surface area contributed by atoms with Crippen LogP contribution < -0.4 is 5.73 Å². The maximum Gasteiger partial charge on any atom is 0.242 e. The summed E-state index contributed by atoms with van der Waals surface area (Å²) in [6.45, 7) is 8.67. The number of carbonyl (C=O) groups is 1. The number of nitrogens with two attached hydrogens (primary N) is 1. The second-order valence-corrected chi connectivity index (χ2v) is 4.67.